The molecule has 0 unspecified atom stereocenters. The van der Waals surface area contributed by atoms with Crippen LogP contribution in [-0.2, 0) is 22.9 Å². The molecule has 3 aromatic carbocycles. The minimum Gasteiger partial charge on any atom is -0.392 e. The van der Waals surface area contributed by atoms with Crippen molar-refractivity contribution >= 4 is 10.0 Å². The largest absolute Gasteiger partial charge is 0.392 e. The Hall–Kier alpha value is -2.97. The Kier molecular flexibility index (Phi) is 11.1. The minimum absolute atomic E-state index is 0.0171. The monoisotopic (exact) mass is 618 g/mol. The molecule has 0 fully saturated rings. The summed E-state index contributed by atoms with van der Waals surface area (Å²) in [7, 11) is -3.90. The van der Waals surface area contributed by atoms with E-state index in [9.17, 15) is 18.6 Å². The zero-order valence-electron chi connectivity index (χ0n) is 27.0. The molecule has 0 aromatic heterocycles. The van der Waals surface area contributed by atoms with Crippen LogP contribution < -0.4 is 10.0 Å². The zero-order valence-corrected chi connectivity index (χ0v) is 27.9. The van der Waals surface area contributed by atoms with Gasteiger partial charge in [0, 0.05) is 24.6 Å². The lowest BCUT2D eigenvalue weighted by molar-refractivity contribution is 0.136. The molecule has 0 saturated carbocycles. The summed E-state index contributed by atoms with van der Waals surface area (Å²) >= 11 is 0. The van der Waals surface area contributed by atoms with Crippen molar-refractivity contribution in [2.75, 3.05) is 6.54 Å². The first kappa shape index (κ1) is 33.9. The SMILES string of the molecule is C=C(N[C@H]1c2ccccc2C[C@H]1O)[C@H](Cc1ccccc1)C[C@H](O)CNS(=O)(=O)c1c(C(C)C)cc(C(C)C)cc1C(C)C. The Bertz CT molecular complexity index is 1500. The van der Waals surface area contributed by atoms with Gasteiger partial charge in [0.1, 0.15) is 0 Å². The molecule has 0 saturated heterocycles. The van der Waals surface area contributed by atoms with Crippen LogP contribution in [0.25, 0.3) is 0 Å². The molecule has 44 heavy (non-hydrogen) atoms. The molecule has 0 heterocycles. The maximum atomic E-state index is 13.9. The fourth-order valence-corrected chi connectivity index (χ4v) is 7.97. The molecule has 0 radical (unpaired) electrons. The van der Waals surface area contributed by atoms with E-state index < -0.39 is 22.2 Å². The summed E-state index contributed by atoms with van der Waals surface area (Å²) < 4.78 is 30.5. The van der Waals surface area contributed by atoms with Crippen LogP contribution >= 0.6 is 0 Å². The molecule has 0 aliphatic heterocycles. The molecule has 238 valence electrons. The molecule has 4 rings (SSSR count). The van der Waals surface area contributed by atoms with Crippen molar-refractivity contribution in [1.82, 2.24) is 10.0 Å². The fourth-order valence-electron chi connectivity index (χ4n) is 6.20. The van der Waals surface area contributed by atoms with E-state index in [0.717, 1.165) is 33.4 Å². The van der Waals surface area contributed by atoms with E-state index in [0.29, 0.717) is 29.9 Å². The predicted molar refractivity (Wildman–Crippen MR) is 179 cm³/mol. The molecule has 0 spiro atoms. The predicted octanol–water partition coefficient (Wildman–Crippen LogP) is 6.71. The highest BCUT2D eigenvalue weighted by Gasteiger charge is 2.33. The van der Waals surface area contributed by atoms with Crippen molar-refractivity contribution in [3.63, 3.8) is 0 Å². The van der Waals surface area contributed by atoms with Gasteiger partial charge in [-0.3, -0.25) is 0 Å². The molecule has 0 amide bonds. The Morgan fingerprint density at radius 2 is 1.50 bits per heavy atom. The molecular formula is C37H50N2O4S. The van der Waals surface area contributed by atoms with Gasteiger partial charge in [-0.15, -0.1) is 0 Å². The van der Waals surface area contributed by atoms with Crippen molar-refractivity contribution in [1.29, 1.82) is 0 Å². The molecule has 1 aliphatic carbocycles. The number of sulfonamides is 1. The second kappa shape index (κ2) is 14.4. The summed E-state index contributed by atoms with van der Waals surface area (Å²) in [6.45, 7) is 16.5. The maximum absolute atomic E-state index is 13.9. The normalized spacial score (nSPS) is 18.1. The number of aliphatic hydroxyl groups is 2. The van der Waals surface area contributed by atoms with Gasteiger partial charge in [-0.25, -0.2) is 13.1 Å². The van der Waals surface area contributed by atoms with E-state index in [-0.39, 0.29) is 36.3 Å². The van der Waals surface area contributed by atoms with Crippen LogP contribution in [0.4, 0.5) is 0 Å². The van der Waals surface area contributed by atoms with E-state index in [2.05, 4.69) is 30.5 Å². The van der Waals surface area contributed by atoms with Crippen molar-refractivity contribution in [3.8, 4) is 0 Å². The number of aliphatic hydroxyl groups excluding tert-OH is 2. The number of rotatable bonds is 14. The molecule has 4 N–H and O–H groups in total. The molecular weight excluding hydrogens is 568 g/mol. The highest BCUT2D eigenvalue weighted by atomic mass is 32.2. The Morgan fingerprint density at radius 1 is 0.909 bits per heavy atom. The topological polar surface area (TPSA) is 98.7 Å². The van der Waals surface area contributed by atoms with Crippen LogP contribution in [0, 0.1) is 5.92 Å². The summed E-state index contributed by atoms with van der Waals surface area (Å²) in [5, 5.41) is 25.6. The standard InChI is InChI=1S/C37H50N2O4S/c1-23(2)29-19-33(24(3)4)37(34(20-29)25(5)6)44(42,43)38-22-31(40)18-30(17-27-13-9-8-10-14-27)26(7)39-36-32-16-12-11-15-28(32)21-35(36)41/h8-16,19-20,23-25,30-31,35-36,38-41H,7,17-18,21-22H2,1-6H3/t30-,31+,35-,36+/m1/s1. The quantitative estimate of drug-likeness (QED) is 0.161. The van der Waals surface area contributed by atoms with E-state index in [1.807, 2.05) is 94.4 Å². The summed E-state index contributed by atoms with van der Waals surface area (Å²) in [6.07, 6.45) is -0.0341. The van der Waals surface area contributed by atoms with Crippen molar-refractivity contribution in [2.24, 2.45) is 5.92 Å². The zero-order chi connectivity index (χ0) is 32.2. The number of allylic oxidation sites excluding steroid dienone is 1. The van der Waals surface area contributed by atoms with Crippen LogP contribution in [0.2, 0.25) is 0 Å². The number of nitrogens with one attached hydrogen (secondary N) is 2. The van der Waals surface area contributed by atoms with Gasteiger partial charge in [-0.05, 0) is 64.0 Å². The van der Waals surface area contributed by atoms with Crippen LogP contribution in [-0.4, -0.2) is 37.4 Å². The first-order valence-corrected chi connectivity index (χ1v) is 17.4. The summed E-state index contributed by atoms with van der Waals surface area (Å²) in [4.78, 5) is 0.333. The number of fused-ring (bicyclic) bond motifs is 1. The molecule has 3 aromatic rings. The highest BCUT2D eigenvalue weighted by molar-refractivity contribution is 7.89. The second-order valence-electron chi connectivity index (χ2n) is 13.2. The van der Waals surface area contributed by atoms with Gasteiger partial charge in [0.2, 0.25) is 10.0 Å². The average Bonchev–Trinajstić information content (AvgIpc) is 3.29. The van der Waals surface area contributed by atoms with E-state index >= 15 is 0 Å². The lowest BCUT2D eigenvalue weighted by Crippen LogP contribution is -2.36. The average molecular weight is 619 g/mol. The Balaban J connectivity index is 1.54. The van der Waals surface area contributed by atoms with Crippen LogP contribution in [0.1, 0.15) is 105 Å². The Labute approximate surface area is 264 Å². The van der Waals surface area contributed by atoms with Crippen molar-refractivity contribution in [3.05, 3.63) is 112 Å². The number of hydrogen-bond donors (Lipinski definition) is 4. The van der Waals surface area contributed by atoms with Crippen molar-refractivity contribution in [2.45, 2.75) is 102 Å². The summed E-state index contributed by atoms with van der Waals surface area (Å²) in [5.41, 5.74) is 6.70. The highest BCUT2D eigenvalue weighted by Crippen LogP contribution is 2.36. The van der Waals surface area contributed by atoms with E-state index in [4.69, 9.17) is 0 Å². The van der Waals surface area contributed by atoms with Gasteiger partial charge in [0.05, 0.1) is 23.1 Å². The maximum Gasteiger partial charge on any atom is 0.241 e. The van der Waals surface area contributed by atoms with Gasteiger partial charge in [0.25, 0.3) is 0 Å². The summed E-state index contributed by atoms with van der Waals surface area (Å²) in [5.74, 6) is 0.116. The van der Waals surface area contributed by atoms with Gasteiger partial charge in [-0.1, -0.05) is 115 Å². The van der Waals surface area contributed by atoms with Gasteiger partial charge < -0.3 is 15.5 Å². The first-order valence-electron chi connectivity index (χ1n) is 15.9. The van der Waals surface area contributed by atoms with Gasteiger partial charge in [0.15, 0.2) is 0 Å². The molecule has 4 atom stereocenters. The molecule has 0 bridgehead atoms. The number of hydrogen-bond acceptors (Lipinski definition) is 5. The Morgan fingerprint density at radius 3 is 2.09 bits per heavy atom. The van der Waals surface area contributed by atoms with Crippen LogP contribution in [0.3, 0.4) is 0 Å². The van der Waals surface area contributed by atoms with Crippen LogP contribution in [0.5, 0.6) is 0 Å². The molecule has 6 nitrogen and oxygen atoms in total. The van der Waals surface area contributed by atoms with Crippen LogP contribution in [0.15, 0.2) is 83.9 Å². The van der Waals surface area contributed by atoms with E-state index in [1.165, 1.54) is 0 Å². The summed E-state index contributed by atoms with van der Waals surface area (Å²) in [6, 6.07) is 21.8. The lowest BCUT2D eigenvalue weighted by atomic mass is 9.89. The molecule has 1 aliphatic rings. The van der Waals surface area contributed by atoms with Gasteiger partial charge in [-0.2, -0.15) is 0 Å². The molecule has 7 heteroatoms. The first-order chi connectivity index (χ1) is 20.8. The number of benzene rings is 3. The third-order valence-corrected chi connectivity index (χ3v) is 10.3. The smallest absolute Gasteiger partial charge is 0.241 e. The third-order valence-electron chi connectivity index (χ3n) is 8.78. The lowest BCUT2D eigenvalue weighted by Gasteiger charge is -2.28. The third kappa shape index (κ3) is 7.99. The van der Waals surface area contributed by atoms with Crippen molar-refractivity contribution < 1.29 is 18.6 Å². The second-order valence-corrected chi connectivity index (χ2v) is 14.9. The van der Waals surface area contributed by atoms with E-state index in [1.54, 1.807) is 0 Å². The fraction of sp³-hybridized carbons (Fsp3) is 0.459. The minimum atomic E-state index is -3.90. The van der Waals surface area contributed by atoms with Gasteiger partial charge >= 0.3 is 0 Å².